The molecule has 1 fully saturated rings. The first-order valence-corrected chi connectivity index (χ1v) is 10.2. The van der Waals surface area contributed by atoms with Gasteiger partial charge in [-0.05, 0) is 44.4 Å². The zero-order chi connectivity index (χ0) is 19.8. The average Bonchev–Trinajstić information content (AvgIpc) is 2.89. The van der Waals surface area contributed by atoms with Crippen molar-refractivity contribution in [1.29, 1.82) is 0 Å². The maximum absolute atomic E-state index is 13.0. The van der Waals surface area contributed by atoms with Crippen LogP contribution < -0.4 is 0 Å². The molecule has 0 saturated carbocycles. The Morgan fingerprint density at radius 2 is 1.78 bits per heavy atom. The number of alkyl halides is 3. The number of nitrogens with zero attached hydrogens (tertiary/aromatic N) is 3. The van der Waals surface area contributed by atoms with E-state index in [1.165, 1.54) is 15.1 Å². The molecule has 0 bridgehead atoms. The van der Waals surface area contributed by atoms with Crippen LogP contribution in [0.25, 0.3) is 0 Å². The van der Waals surface area contributed by atoms with E-state index in [0.717, 1.165) is 31.4 Å². The molecule has 0 aliphatic carbocycles. The van der Waals surface area contributed by atoms with Crippen LogP contribution in [0.4, 0.5) is 13.2 Å². The molecule has 0 atom stereocenters. The van der Waals surface area contributed by atoms with Crippen LogP contribution >= 0.6 is 0 Å². The minimum atomic E-state index is -4.42. The van der Waals surface area contributed by atoms with Gasteiger partial charge in [-0.2, -0.15) is 22.6 Å². The number of rotatable bonds is 4. The van der Waals surface area contributed by atoms with Crippen molar-refractivity contribution in [3.8, 4) is 0 Å². The zero-order valence-electron chi connectivity index (χ0n) is 15.3. The van der Waals surface area contributed by atoms with E-state index >= 15 is 0 Å². The van der Waals surface area contributed by atoms with E-state index in [0.29, 0.717) is 30.0 Å². The Bertz CT molecular complexity index is 930. The SMILES string of the molecule is Cc1nn(Cc2cccc(C(F)(F)F)c2)c(C)c1S(=O)(=O)N1CCCCC1. The molecule has 1 aromatic carbocycles. The number of aromatic nitrogens is 2. The summed E-state index contributed by atoms with van der Waals surface area (Å²) in [7, 11) is -3.66. The fourth-order valence-corrected chi connectivity index (χ4v) is 5.35. The molecule has 1 saturated heterocycles. The largest absolute Gasteiger partial charge is 0.416 e. The minimum absolute atomic E-state index is 0.0755. The summed E-state index contributed by atoms with van der Waals surface area (Å²) in [6, 6.07) is 4.99. The molecular formula is C18H22F3N3O2S. The summed E-state index contributed by atoms with van der Waals surface area (Å²) in [5.74, 6) is 0. The molecule has 9 heteroatoms. The van der Waals surface area contributed by atoms with Crippen molar-refractivity contribution >= 4 is 10.0 Å². The molecule has 3 rings (SSSR count). The molecule has 2 aromatic rings. The number of aryl methyl sites for hydroxylation is 1. The van der Waals surface area contributed by atoms with Gasteiger partial charge in [0.25, 0.3) is 0 Å². The first-order valence-electron chi connectivity index (χ1n) is 8.81. The Balaban J connectivity index is 1.93. The minimum Gasteiger partial charge on any atom is -0.264 e. The summed E-state index contributed by atoms with van der Waals surface area (Å²) in [6.07, 6.45) is -1.75. The van der Waals surface area contributed by atoms with Gasteiger partial charge in [-0.1, -0.05) is 18.6 Å². The number of halogens is 3. The first kappa shape index (κ1) is 19.9. The molecule has 0 radical (unpaired) electrons. The number of hydrogen-bond acceptors (Lipinski definition) is 3. The first-order chi connectivity index (χ1) is 12.6. The summed E-state index contributed by atoms with van der Waals surface area (Å²) in [5.41, 5.74) is 0.487. The van der Waals surface area contributed by atoms with Crippen molar-refractivity contribution in [1.82, 2.24) is 14.1 Å². The van der Waals surface area contributed by atoms with Gasteiger partial charge >= 0.3 is 6.18 Å². The highest BCUT2D eigenvalue weighted by molar-refractivity contribution is 7.89. The van der Waals surface area contributed by atoms with Gasteiger partial charge < -0.3 is 0 Å². The van der Waals surface area contributed by atoms with Gasteiger partial charge in [-0.3, -0.25) is 4.68 Å². The number of sulfonamides is 1. The van der Waals surface area contributed by atoms with Crippen molar-refractivity contribution in [2.75, 3.05) is 13.1 Å². The van der Waals surface area contributed by atoms with Crippen molar-refractivity contribution < 1.29 is 21.6 Å². The van der Waals surface area contributed by atoms with Crippen LogP contribution in [0.3, 0.4) is 0 Å². The summed E-state index contributed by atoms with van der Waals surface area (Å²) in [5, 5.41) is 4.29. The van der Waals surface area contributed by atoms with Gasteiger partial charge in [0.05, 0.1) is 23.5 Å². The summed E-state index contributed by atoms with van der Waals surface area (Å²) >= 11 is 0. The van der Waals surface area contributed by atoms with E-state index in [9.17, 15) is 21.6 Å². The molecule has 148 valence electrons. The van der Waals surface area contributed by atoms with Gasteiger partial charge in [-0.15, -0.1) is 0 Å². The van der Waals surface area contributed by atoms with Crippen LogP contribution in [0.2, 0.25) is 0 Å². The second kappa shape index (κ2) is 7.27. The molecule has 0 spiro atoms. The lowest BCUT2D eigenvalue weighted by molar-refractivity contribution is -0.137. The molecule has 1 aromatic heterocycles. The predicted octanol–water partition coefficient (Wildman–Crippen LogP) is 3.74. The molecule has 1 aliphatic rings. The molecule has 0 N–H and O–H groups in total. The van der Waals surface area contributed by atoms with E-state index in [2.05, 4.69) is 5.10 Å². The van der Waals surface area contributed by atoms with Crippen LogP contribution in [0.1, 0.15) is 41.8 Å². The van der Waals surface area contributed by atoms with E-state index in [-0.39, 0.29) is 11.4 Å². The topological polar surface area (TPSA) is 55.2 Å². The second-order valence-corrected chi connectivity index (χ2v) is 8.70. The molecule has 5 nitrogen and oxygen atoms in total. The van der Waals surface area contributed by atoms with Crippen molar-refractivity contribution in [2.24, 2.45) is 0 Å². The number of piperidine rings is 1. The predicted molar refractivity (Wildman–Crippen MR) is 94.9 cm³/mol. The monoisotopic (exact) mass is 401 g/mol. The van der Waals surface area contributed by atoms with Crippen LogP contribution in [-0.4, -0.2) is 35.6 Å². The lowest BCUT2D eigenvalue weighted by Crippen LogP contribution is -2.36. The molecule has 0 amide bonds. The molecular weight excluding hydrogens is 379 g/mol. The Labute approximate surface area is 156 Å². The molecule has 1 aliphatic heterocycles. The van der Waals surface area contributed by atoms with Crippen molar-refractivity contribution in [3.05, 3.63) is 46.8 Å². The van der Waals surface area contributed by atoms with Crippen LogP contribution in [0.5, 0.6) is 0 Å². The Hall–Kier alpha value is -1.87. The van der Waals surface area contributed by atoms with Gasteiger partial charge in [0, 0.05) is 13.1 Å². The Morgan fingerprint density at radius 3 is 2.41 bits per heavy atom. The average molecular weight is 401 g/mol. The summed E-state index contributed by atoms with van der Waals surface area (Å²) in [6.45, 7) is 4.31. The molecule has 2 heterocycles. The summed E-state index contributed by atoms with van der Waals surface area (Å²) in [4.78, 5) is 0.163. The van der Waals surface area contributed by atoms with Gasteiger partial charge in [0.1, 0.15) is 4.90 Å². The number of benzene rings is 1. The fraction of sp³-hybridized carbons (Fsp3) is 0.500. The molecule has 0 unspecified atom stereocenters. The van der Waals surface area contributed by atoms with Crippen molar-refractivity contribution in [2.45, 2.75) is 50.7 Å². The highest BCUT2D eigenvalue weighted by atomic mass is 32.2. The molecule has 27 heavy (non-hydrogen) atoms. The lowest BCUT2D eigenvalue weighted by Gasteiger charge is -2.26. The van der Waals surface area contributed by atoms with Crippen LogP contribution in [0.15, 0.2) is 29.2 Å². The third kappa shape index (κ3) is 4.03. The smallest absolute Gasteiger partial charge is 0.264 e. The highest BCUT2D eigenvalue weighted by Gasteiger charge is 2.32. The maximum atomic E-state index is 13.0. The van der Waals surface area contributed by atoms with E-state index < -0.39 is 21.8 Å². The highest BCUT2D eigenvalue weighted by Crippen LogP contribution is 2.30. The van der Waals surface area contributed by atoms with Crippen LogP contribution in [0, 0.1) is 13.8 Å². The fourth-order valence-electron chi connectivity index (χ4n) is 3.46. The standard InChI is InChI=1S/C18H22F3N3O2S/c1-13-17(27(25,26)23-9-4-3-5-10-23)14(2)24(22-13)12-15-7-6-8-16(11-15)18(19,20)21/h6-8,11H,3-5,9-10,12H2,1-2H3. The van der Waals surface area contributed by atoms with E-state index in [1.807, 2.05) is 0 Å². The third-order valence-electron chi connectivity index (χ3n) is 4.81. The Morgan fingerprint density at radius 1 is 1.11 bits per heavy atom. The van der Waals surface area contributed by atoms with Crippen molar-refractivity contribution in [3.63, 3.8) is 0 Å². The van der Waals surface area contributed by atoms with E-state index in [4.69, 9.17) is 0 Å². The summed E-state index contributed by atoms with van der Waals surface area (Å²) < 4.78 is 67.7. The normalized spacial score (nSPS) is 16.6. The van der Waals surface area contributed by atoms with Gasteiger partial charge in [0.2, 0.25) is 10.0 Å². The van der Waals surface area contributed by atoms with E-state index in [1.54, 1.807) is 19.9 Å². The lowest BCUT2D eigenvalue weighted by atomic mass is 10.1. The zero-order valence-corrected chi connectivity index (χ0v) is 16.1. The maximum Gasteiger partial charge on any atom is 0.416 e. The van der Waals surface area contributed by atoms with Crippen LogP contribution in [-0.2, 0) is 22.7 Å². The quantitative estimate of drug-likeness (QED) is 0.784. The number of hydrogen-bond donors (Lipinski definition) is 0. The third-order valence-corrected chi connectivity index (χ3v) is 6.97. The van der Waals surface area contributed by atoms with Gasteiger partial charge in [-0.25, -0.2) is 8.42 Å². The second-order valence-electron chi connectivity index (χ2n) is 6.82. The Kier molecular flexibility index (Phi) is 5.36. The van der Waals surface area contributed by atoms with Gasteiger partial charge in [0.15, 0.2) is 0 Å².